The van der Waals surface area contributed by atoms with Crippen LogP contribution < -0.4 is 18.9 Å². The molecule has 0 heterocycles. The summed E-state index contributed by atoms with van der Waals surface area (Å²) in [7, 11) is 4.45. The van der Waals surface area contributed by atoms with Crippen LogP contribution in [0, 0.1) is 10.1 Å². The molecule has 1 unspecified atom stereocenters. The molecule has 0 radical (unpaired) electrons. The number of nitro groups is 1. The molecule has 1 N–H and O–H groups in total. The minimum atomic E-state index is -1.49. The molecule has 0 saturated carbocycles. The highest BCUT2D eigenvalue weighted by atomic mass is 32.2. The van der Waals surface area contributed by atoms with Gasteiger partial charge in [0.25, 0.3) is 5.69 Å². The second-order valence-electron chi connectivity index (χ2n) is 7.60. The predicted octanol–water partition coefficient (Wildman–Crippen LogP) is 4.91. The summed E-state index contributed by atoms with van der Waals surface area (Å²) in [4.78, 5) is 22.5. The van der Waals surface area contributed by atoms with Gasteiger partial charge < -0.3 is 24.1 Å². The molecule has 0 fully saturated rings. The van der Waals surface area contributed by atoms with Crippen molar-refractivity contribution in [2.75, 3.05) is 28.4 Å². The molecule has 3 aromatic rings. The van der Waals surface area contributed by atoms with Crippen molar-refractivity contribution in [1.82, 2.24) is 0 Å². The van der Waals surface area contributed by atoms with Crippen LogP contribution in [0.2, 0.25) is 0 Å². The molecule has 0 saturated heterocycles. The fourth-order valence-electron chi connectivity index (χ4n) is 3.66. The second kappa shape index (κ2) is 12.0. The molecule has 1 atom stereocenters. The Morgan fingerprint density at radius 1 is 0.919 bits per heavy atom. The first-order valence-corrected chi connectivity index (χ1v) is 12.1. The molecule has 0 spiro atoms. The Balaban J connectivity index is 1.97. The summed E-state index contributed by atoms with van der Waals surface area (Å²) in [6.45, 7) is 0. The van der Waals surface area contributed by atoms with Crippen LogP contribution in [-0.4, -0.2) is 48.6 Å². The van der Waals surface area contributed by atoms with Gasteiger partial charge >= 0.3 is 5.97 Å². The zero-order valence-electron chi connectivity index (χ0n) is 20.5. The molecule has 0 amide bonds. The van der Waals surface area contributed by atoms with Gasteiger partial charge in [-0.3, -0.25) is 14.3 Å². The smallest absolute Gasteiger partial charge is 0.336 e. The Labute approximate surface area is 215 Å². The van der Waals surface area contributed by atoms with Crippen molar-refractivity contribution >= 4 is 28.5 Å². The third-order valence-corrected chi connectivity index (χ3v) is 6.50. The van der Waals surface area contributed by atoms with Crippen LogP contribution >= 0.6 is 0 Å². The summed E-state index contributed by atoms with van der Waals surface area (Å²) in [5.41, 5.74) is 1.25. The quantitative estimate of drug-likeness (QED) is 0.272. The Morgan fingerprint density at radius 2 is 1.57 bits per heavy atom. The molecule has 10 nitrogen and oxygen atoms in total. The standard InChI is InChI=1S/C26H25NO9S/c1-33-18-13-24(35-3)20(25(14-18)36-4)9-10-37(32)15-16-5-8-23(34-2)22(11-16)21-12-17(27(30)31)6-7-19(21)26(28)29/h5-14H,15H2,1-4H3,(H,28,29)/b10-9+. The van der Waals surface area contributed by atoms with E-state index in [1.165, 1.54) is 46.0 Å². The number of aromatic carboxylic acids is 1. The third-order valence-electron chi connectivity index (χ3n) is 5.45. The number of methoxy groups -OCH3 is 4. The number of ether oxygens (including phenoxy) is 4. The maximum atomic E-state index is 12.9. The lowest BCUT2D eigenvalue weighted by atomic mass is 9.96. The summed E-state index contributed by atoms with van der Waals surface area (Å²) in [5, 5.41) is 22.4. The van der Waals surface area contributed by atoms with Crippen molar-refractivity contribution in [2.45, 2.75) is 5.75 Å². The number of carboxylic acid groups (broad SMARTS) is 1. The number of hydrogen-bond acceptors (Lipinski definition) is 8. The molecule has 0 aromatic heterocycles. The summed E-state index contributed by atoms with van der Waals surface area (Å²) >= 11 is 0. The fraction of sp³-hybridized carbons (Fsp3) is 0.192. The van der Waals surface area contributed by atoms with Gasteiger partial charge in [0, 0.05) is 40.8 Å². The molecule has 194 valence electrons. The van der Waals surface area contributed by atoms with Gasteiger partial charge in [-0.2, -0.15) is 0 Å². The first kappa shape index (κ1) is 27.2. The van der Waals surface area contributed by atoms with E-state index < -0.39 is 21.7 Å². The summed E-state index contributed by atoms with van der Waals surface area (Å²) in [6.07, 6.45) is 1.63. The Hall–Kier alpha value is -4.38. The first-order chi connectivity index (χ1) is 17.7. The zero-order valence-corrected chi connectivity index (χ0v) is 21.4. The highest BCUT2D eigenvalue weighted by molar-refractivity contribution is 7.87. The van der Waals surface area contributed by atoms with E-state index in [0.717, 1.165) is 6.07 Å². The van der Waals surface area contributed by atoms with Crippen LogP contribution in [0.4, 0.5) is 5.69 Å². The Kier molecular flexibility index (Phi) is 8.86. The lowest BCUT2D eigenvalue weighted by molar-refractivity contribution is -0.384. The van der Waals surface area contributed by atoms with Gasteiger partial charge in [0.2, 0.25) is 0 Å². The molecule has 37 heavy (non-hydrogen) atoms. The molecule has 0 aliphatic heterocycles. The van der Waals surface area contributed by atoms with Crippen LogP contribution in [0.3, 0.4) is 0 Å². The van der Waals surface area contributed by atoms with Gasteiger partial charge in [0.15, 0.2) is 0 Å². The average Bonchev–Trinajstić information content (AvgIpc) is 2.90. The molecule has 3 aromatic carbocycles. The van der Waals surface area contributed by atoms with Gasteiger partial charge in [0.1, 0.15) is 23.0 Å². The number of rotatable bonds is 11. The summed E-state index contributed by atoms with van der Waals surface area (Å²) in [6, 6.07) is 11.8. The summed E-state index contributed by atoms with van der Waals surface area (Å²) < 4.78 is 34.4. The topological polar surface area (TPSA) is 134 Å². The Bertz CT molecular complexity index is 1360. The molecule has 0 bridgehead atoms. The van der Waals surface area contributed by atoms with E-state index in [1.807, 2.05) is 0 Å². The SMILES string of the molecule is COc1cc(OC)c(/C=C/S(=O)Cc2ccc(OC)c(-c3cc([N+](=O)[O-])ccc3C(=O)O)c2)c(OC)c1. The molecule has 3 rings (SSSR count). The number of benzene rings is 3. The van der Waals surface area contributed by atoms with E-state index in [4.69, 9.17) is 18.9 Å². The fourth-order valence-corrected chi connectivity index (χ4v) is 4.56. The van der Waals surface area contributed by atoms with Crippen LogP contribution in [0.1, 0.15) is 21.5 Å². The highest BCUT2D eigenvalue weighted by Crippen LogP contribution is 2.37. The van der Waals surface area contributed by atoms with E-state index in [2.05, 4.69) is 0 Å². The number of non-ortho nitro benzene ring substituents is 1. The van der Waals surface area contributed by atoms with E-state index in [0.29, 0.717) is 39.7 Å². The number of nitro benzene ring substituents is 1. The van der Waals surface area contributed by atoms with E-state index in [1.54, 1.807) is 36.4 Å². The molecular weight excluding hydrogens is 502 g/mol. The largest absolute Gasteiger partial charge is 0.496 e. The number of nitrogens with zero attached hydrogens (tertiary/aromatic N) is 1. The van der Waals surface area contributed by atoms with Crippen LogP contribution in [0.5, 0.6) is 23.0 Å². The maximum absolute atomic E-state index is 12.9. The minimum Gasteiger partial charge on any atom is -0.496 e. The highest BCUT2D eigenvalue weighted by Gasteiger charge is 2.20. The van der Waals surface area contributed by atoms with Crippen molar-refractivity contribution in [3.63, 3.8) is 0 Å². The van der Waals surface area contributed by atoms with Gasteiger partial charge in [-0.15, -0.1) is 0 Å². The van der Waals surface area contributed by atoms with Crippen molar-refractivity contribution < 1.29 is 38.0 Å². The van der Waals surface area contributed by atoms with Crippen LogP contribution in [0.15, 0.2) is 53.9 Å². The number of carboxylic acids is 1. The molecule has 11 heteroatoms. The third kappa shape index (κ3) is 6.25. The normalized spacial score (nSPS) is 11.7. The van der Waals surface area contributed by atoms with Gasteiger partial charge in [-0.25, -0.2) is 4.79 Å². The van der Waals surface area contributed by atoms with Crippen molar-refractivity contribution in [3.8, 4) is 34.1 Å². The molecular formula is C26H25NO9S. The summed E-state index contributed by atoms with van der Waals surface area (Å²) in [5.74, 6) is 0.656. The van der Waals surface area contributed by atoms with Crippen molar-refractivity contribution in [3.05, 3.63) is 80.7 Å². The van der Waals surface area contributed by atoms with Gasteiger partial charge in [-0.05, 0) is 29.8 Å². The Morgan fingerprint density at radius 3 is 2.11 bits per heavy atom. The minimum absolute atomic E-state index is 0.0889. The lowest BCUT2D eigenvalue weighted by Gasteiger charge is -2.13. The molecule has 0 aliphatic carbocycles. The van der Waals surface area contributed by atoms with Crippen LogP contribution in [-0.2, 0) is 16.6 Å². The average molecular weight is 528 g/mol. The van der Waals surface area contributed by atoms with Gasteiger partial charge in [-0.1, -0.05) is 6.07 Å². The first-order valence-electron chi connectivity index (χ1n) is 10.8. The van der Waals surface area contributed by atoms with E-state index in [-0.39, 0.29) is 22.6 Å². The molecule has 0 aliphatic rings. The monoisotopic (exact) mass is 527 g/mol. The van der Waals surface area contributed by atoms with E-state index >= 15 is 0 Å². The second-order valence-corrected chi connectivity index (χ2v) is 8.92. The lowest BCUT2D eigenvalue weighted by Crippen LogP contribution is -2.02. The zero-order chi connectivity index (χ0) is 27.1. The van der Waals surface area contributed by atoms with Gasteiger partial charge in [0.05, 0.1) is 61.0 Å². The number of carbonyl (C=O) groups is 1. The maximum Gasteiger partial charge on any atom is 0.336 e. The predicted molar refractivity (Wildman–Crippen MR) is 139 cm³/mol. The van der Waals surface area contributed by atoms with Crippen molar-refractivity contribution in [1.29, 1.82) is 0 Å². The van der Waals surface area contributed by atoms with E-state index in [9.17, 15) is 24.2 Å². The van der Waals surface area contributed by atoms with Crippen molar-refractivity contribution in [2.24, 2.45) is 0 Å². The van der Waals surface area contributed by atoms with Crippen LogP contribution in [0.25, 0.3) is 17.2 Å². The number of hydrogen-bond donors (Lipinski definition) is 1.